The molecule has 12 nitrogen and oxygen atoms in total. The summed E-state index contributed by atoms with van der Waals surface area (Å²) in [4.78, 5) is 39.4. The van der Waals surface area contributed by atoms with Crippen LogP contribution in [0.25, 0.3) is 11.6 Å². The van der Waals surface area contributed by atoms with Gasteiger partial charge in [-0.25, -0.2) is 0 Å². The SMILES string of the molecule is CCOC(=O)Cc1cncc2c1N(c1[c-]n(-c3ncccc3C(N)=O)nc1)c1[c-]n(-c3ccccn3)nc1C2.[Pt+2]. The van der Waals surface area contributed by atoms with Crippen LogP contribution in [-0.2, 0) is 43.4 Å². The summed E-state index contributed by atoms with van der Waals surface area (Å²) in [6, 6.07) is 8.71. The molecule has 1 aliphatic heterocycles. The van der Waals surface area contributed by atoms with Gasteiger partial charge in [-0.3, -0.25) is 29.8 Å². The Morgan fingerprint density at radius 2 is 1.90 bits per heavy atom. The first-order valence-corrected chi connectivity index (χ1v) is 12.1. The number of pyridine rings is 3. The summed E-state index contributed by atoms with van der Waals surface area (Å²) < 4.78 is 8.15. The van der Waals surface area contributed by atoms with Gasteiger partial charge in [0, 0.05) is 35.9 Å². The van der Waals surface area contributed by atoms with Crippen LogP contribution in [0.1, 0.15) is 34.1 Å². The van der Waals surface area contributed by atoms with Gasteiger partial charge in [-0.2, -0.15) is 0 Å². The standard InChI is InChI=1S/C27H21N9O3.Pt/c1-2-39-24(37)11-18-13-29-12-17-10-21-22(16-34(33-21)23-7-3-4-8-30-23)36(25(17)18)19-14-32-35(15-19)27-20(26(28)38)6-5-9-31-27;/h3-9,12-14H,2,10-11H2,1H3,(H2,28,38);/q-2;+2. The van der Waals surface area contributed by atoms with Gasteiger partial charge in [0.1, 0.15) is 0 Å². The van der Waals surface area contributed by atoms with Crippen LogP contribution >= 0.6 is 0 Å². The van der Waals surface area contributed by atoms with Crippen molar-refractivity contribution in [3.8, 4) is 11.6 Å². The molecule has 0 atom stereocenters. The van der Waals surface area contributed by atoms with Crippen molar-refractivity contribution in [2.75, 3.05) is 11.5 Å². The molecule has 0 aromatic carbocycles. The van der Waals surface area contributed by atoms with E-state index in [1.54, 1.807) is 54.7 Å². The van der Waals surface area contributed by atoms with E-state index >= 15 is 0 Å². The average Bonchev–Trinajstić information content (AvgIpc) is 3.60. The number of hydrogen-bond acceptors (Lipinski definition) is 9. The van der Waals surface area contributed by atoms with Crippen LogP contribution in [0.4, 0.5) is 17.1 Å². The smallest absolute Gasteiger partial charge is 0.466 e. The second kappa shape index (κ2) is 11.2. The number of hydrogen-bond donors (Lipinski definition) is 1. The van der Waals surface area contributed by atoms with Crippen LogP contribution in [0, 0.1) is 12.4 Å². The number of carbonyl (C=O) groups is 2. The zero-order valence-electron chi connectivity index (χ0n) is 21.1. The zero-order valence-corrected chi connectivity index (χ0v) is 23.4. The number of primary amides is 1. The van der Waals surface area contributed by atoms with Gasteiger partial charge in [0.15, 0.2) is 0 Å². The Kier molecular flexibility index (Phi) is 7.52. The third kappa shape index (κ3) is 4.89. The van der Waals surface area contributed by atoms with Crippen molar-refractivity contribution in [1.29, 1.82) is 0 Å². The van der Waals surface area contributed by atoms with Gasteiger partial charge < -0.3 is 29.7 Å². The van der Waals surface area contributed by atoms with Gasteiger partial charge in [-0.1, -0.05) is 18.2 Å². The van der Waals surface area contributed by atoms with Crippen LogP contribution < -0.4 is 10.6 Å². The molecule has 202 valence electrons. The predicted octanol–water partition coefficient (Wildman–Crippen LogP) is 2.42. The topological polar surface area (TPSA) is 147 Å². The number of esters is 1. The molecule has 40 heavy (non-hydrogen) atoms. The molecule has 1 amide bonds. The molecule has 0 fully saturated rings. The number of nitrogens with two attached hydrogens (primary N) is 1. The van der Waals surface area contributed by atoms with Gasteiger partial charge in [0.05, 0.1) is 30.4 Å². The minimum absolute atomic E-state index is 0. The second-order valence-electron chi connectivity index (χ2n) is 8.60. The Labute approximate surface area is 243 Å². The molecule has 0 spiro atoms. The fraction of sp³-hybridized carbons (Fsp3) is 0.148. The summed E-state index contributed by atoms with van der Waals surface area (Å²) in [6.45, 7) is 2.03. The largest absolute Gasteiger partial charge is 2.00 e. The predicted molar refractivity (Wildman–Crippen MR) is 138 cm³/mol. The molecule has 0 radical (unpaired) electrons. The van der Waals surface area contributed by atoms with Gasteiger partial charge >= 0.3 is 27.0 Å². The van der Waals surface area contributed by atoms with Crippen molar-refractivity contribution in [1.82, 2.24) is 34.5 Å². The van der Waals surface area contributed by atoms with Crippen molar-refractivity contribution in [3.05, 3.63) is 96.1 Å². The molecule has 5 aromatic rings. The molecule has 0 unspecified atom stereocenters. The molecule has 13 heteroatoms. The summed E-state index contributed by atoms with van der Waals surface area (Å²) in [5.41, 5.74) is 9.86. The first kappa shape index (κ1) is 26.9. The van der Waals surface area contributed by atoms with Gasteiger partial charge in [0.25, 0.3) is 0 Å². The Bertz CT molecular complexity index is 1700. The number of anilines is 3. The molecule has 5 aromatic heterocycles. The number of fused-ring (bicyclic) bond motifs is 2. The van der Waals surface area contributed by atoms with E-state index in [4.69, 9.17) is 15.6 Å². The van der Waals surface area contributed by atoms with E-state index in [0.29, 0.717) is 29.2 Å². The van der Waals surface area contributed by atoms with E-state index in [1.165, 1.54) is 4.68 Å². The summed E-state index contributed by atoms with van der Waals surface area (Å²) in [7, 11) is 0. The fourth-order valence-electron chi connectivity index (χ4n) is 4.49. The Morgan fingerprint density at radius 3 is 2.67 bits per heavy atom. The van der Waals surface area contributed by atoms with E-state index in [9.17, 15) is 9.59 Å². The number of ether oxygens (including phenoxy) is 1. The molecule has 0 saturated heterocycles. The molecular weight excluding hydrogens is 693 g/mol. The Balaban J connectivity index is 0.00000323. The zero-order chi connectivity index (χ0) is 26.9. The van der Waals surface area contributed by atoms with Gasteiger partial charge in [0.2, 0.25) is 5.91 Å². The quantitative estimate of drug-likeness (QED) is 0.195. The molecule has 6 rings (SSSR count). The van der Waals surface area contributed by atoms with Crippen molar-refractivity contribution >= 4 is 28.9 Å². The molecule has 6 heterocycles. The summed E-state index contributed by atoms with van der Waals surface area (Å²) in [5, 5.41) is 9.16. The first-order chi connectivity index (χ1) is 19.0. The molecule has 0 bridgehead atoms. The van der Waals surface area contributed by atoms with E-state index in [1.807, 2.05) is 23.1 Å². The van der Waals surface area contributed by atoms with Crippen LogP contribution in [0.3, 0.4) is 0 Å². The minimum Gasteiger partial charge on any atom is -0.466 e. The summed E-state index contributed by atoms with van der Waals surface area (Å²) in [5.74, 6) is -0.170. The molecule has 1 aliphatic rings. The normalized spacial score (nSPS) is 11.8. The first-order valence-electron chi connectivity index (χ1n) is 12.1. The monoisotopic (exact) mass is 714 g/mol. The minimum atomic E-state index is -0.637. The van der Waals surface area contributed by atoms with Crippen molar-refractivity contribution < 1.29 is 35.4 Å². The fourth-order valence-corrected chi connectivity index (χ4v) is 4.49. The van der Waals surface area contributed by atoms with E-state index in [2.05, 4.69) is 32.4 Å². The third-order valence-electron chi connectivity index (χ3n) is 6.10. The third-order valence-corrected chi connectivity index (χ3v) is 6.10. The maximum atomic E-state index is 12.5. The van der Waals surface area contributed by atoms with Crippen molar-refractivity contribution in [3.63, 3.8) is 0 Å². The maximum Gasteiger partial charge on any atom is 2.00 e. The maximum absolute atomic E-state index is 12.5. The van der Waals surface area contributed by atoms with Crippen molar-refractivity contribution in [2.24, 2.45) is 5.73 Å². The number of nitrogens with zero attached hydrogens (tertiary/aromatic N) is 8. The van der Waals surface area contributed by atoms with Crippen LogP contribution in [0.15, 0.2) is 61.3 Å². The van der Waals surface area contributed by atoms with Gasteiger partial charge in [-0.05, 0) is 66.7 Å². The molecular formula is C27H21N9O3Pt. The van der Waals surface area contributed by atoms with Crippen LogP contribution in [-0.4, -0.2) is 53.0 Å². The van der Waals surface area contributed by atoms with Crippen LogP contribution in [0.5, 0.6) is 0 Å². The molecule has 2 N–H and O–H groups in total. The Morgan fingerprint density at radius 1 is 1.05 bits per heavy atom. The average molecular weight is 715 g/mol. The second-order valence-corrected chi connectivity index (χ2v) is 8.60. The number of rotatable bonds is 7. The summed E-state index contributed by atoms with van der Waals surface area (Å²) >= 11 is 0. The van der Waals surface area contributed by atoms with Crippen molar-refractivity contribution in [2.45, 2.75) is 19.8 Å². The van der Waals surface area contributed by atoms with Gasteiger partial charge in [-0.15, -0.1) is 0 Å². The van der Waals surface area contributed by atoms with E-state index in [-0.39, 0.29) is 51.4 Å². The van der Waals surface area contributed by atoms with E-state index < -0.39 is 5.91 Å². The van der Waals surface area contributed by atoms with E-state index in [0.717, 1.165) is 16.9 Å². The number of aromatic nitrogens is 7. The number of carbonyl (C=O) groups excluding carboxylic acids is 2. The Hall–Kier alpha value is -4.70. The molecule has 0 aliphatic carbocycles. The van der Waals surface area contributed by atoms with Crippen LogP contribution in [0.2, 0.25) is 0 Å². The molecule has 0 saturated carbocycles. The number of amides is 1. The summed E-state index contributed by atoms with van der Waals surface area (Å²) in [6.07, 6.45) is 15.2.